The van der Waals surface area contributed by atoms with Crippen LogP contribution in [0.1, 0.15) is 18.9 Å². The lowest BCUT2D eigenvalue weighted by Crippen LogP contribution is -2.25. The maximum Gasteiger partial charge on any atom is 0.191 e. The number of hydrogen-bond acceptors (Lipinski definition) is 3. The maximum absolute atomic E-state index is 13.0. The summed E-state index contributed by atoms with van der Waals surface area (Å²) in [6.45, 7) is 1.97. The van der Waals surface area contributed by atoms with Crippen LogP contribution in [0.2, 0.25) is 0 Å². The molecule has 0 aliphatic carbocycles. The van der Waals surface area contributed by atoms with Crippen molar-refractivity contribution in [3.05, 3.63) is 59.9 Å². The second-order valence-corrected chi connectivity index (χ2v) is 5.09. The minimum atomic E-state index is -0.273. The first-order chi connectivity index (χ1) is 11.1. The molecule has 0 aromatic heterocycles. The molecule has 2 aromatic carbocycles. The zero-order valence-corrected chi connectivity index (χ0v) is 13.8. The summed E-state index contributed by atoms with van der Waals surface area (Å²) in [5.41, 5.74) is 5.19. The second kappa shape index (κ2) is 8.24. The fourth-order valence-electron chi connectivity index (χ4n) is 2.01. The summed E-state index contributed by atoms with van der Waals surface area (Å²) in [5.74, 6) is 0.417. The predicted octanol–water partition coefficient (Wildman–Crippen LogP) is 3.94. The zero-order chi connectivity index (χ0) is 16.7. The Balaban J connectivity index is 2.05. The fourth-order valence-corrected chi connectivity index (χ4v) is 2.16. The van der Waals surface area contributed by atoms with Crippen LogP contribution in [-0.2, 0) is 0 Å². The van der Waals surface area contributed by atoms with Crippen LogP contribution >= 0.6 is 12.2 Å². The number of benzene rings is 2. The van der Waals surface area contributed by atoms with Crippen LogP contribution in [0.15, 0.2) is 53.6 Å². The van der Waals surface area contributed by atoms with Crippen molar-refractivity contribution in [2.75, 3.05) is 12.4 Å². The molecule has 0 spiro atoms. The molecule has 0 atom stereocenters. The van der Waals surface area contributed by atoms with Crippen molar-refractivity contribution in [3.8, 4) is 5.75 Å². The molecule has 2 rings (SSSR count). The molecule has 0 heterocycles. The van der Waals surface area contributed by atoms with Gasteiger partial charge in [-0.3, -0.25) is 5.43 Å². The summed E-state index contributed by atoms with van der Waals surface area (Å²) >= 11 is 5.24. The number of anilines is 1. The molecule has 0 unspecified atom stereocenters. The van der Waals surface area contributed by atoms with E-state index in [9.17, 15) is 4.39 Å². The Morgan fingerprint density at radius 1 is 1.17 bits per heavy atom. The van der Waals surface area contributed by atoms with E-state index in [-0.39, 0.29) is 5.82 Å². The summed E-state index contributed by atoms with van der Waals surface area (Å²) in [6, 6.07) is 13.7. The average Bonchev–Trinajstić information content (AvgIpc) is 2.57. The number of rotatable bonds is 5. The lowest BCUT2D eigenvalue weighted by molar-refractivity contribution is 0.417. The molecule has 0 saturated carbocycles. The molecule has 0 amide bonds. The van der Waals surface area contributed by atoms with Crippen LogP contribution in [0.3, 0.4) is 0 Å². The van der Waals surface area contributed by atoms with Crippen LogP contribution in [0, 0.1) is 5.82 Å². The normalized spacial score (nSPS) is 11.0. The van der Waals surface area contributed by atoms with Gasteiger partial charge in [0.1, 0.15) is 11.6 Å². The molecule has 0 aliphatic heterocycles. The number of hydrazone groups is 1. The molecular formula is C17H18FN3OS. The molecule has 0 fully saturated rings. The molecule has 0 bridgehead atoms. The number of methoxy groups -OCH3 is 1. The standard InChI is InChI=1S/C17H18FN3OS/c1-3-14(12-8-10-13(18)11-9-12)20-21-17(23)19-15-6-4-5-7-16(15)22-2/h4-11H,3H2,1-2H3,(H2,19,21,23)/b20-14-. The molecule has 4 nitrogen and oxygen atoms in total. The Labute approximate surface area is 140 Å². The van der Waals surface area contributed by atoms with Gasteiger partial charge in [0, 0.05) is 0 Å². The molecular weight excluding hydrogens is 313 g/mol. The number of hydrogen-bond donors (Lipinski definition) is 2. The number of ether oxygens (including phenoxy) is 1. The lowest BCUT2D eigenvalue weighted by Gasteiger charge is -2.12. The first-order valence-corrected chi connectivity index (χ1v) is 7.57. The van der Waals surface area contributed by atoms with Gasteiger partial charge < -0.3 is 10.1 Å². The number of nitrogens with zero attached hydrogens (tertiary/aromatic N) is 1. The van der Waals surface area contributed by atoms with Gasteiger partial charge in [0.25, 0.3) is 0 Å². The van der Waals surface area contributed by atoms with Crippen LogP contribution in [0.5, 0.6) is 5.75 Å². The van der Waals surface area contributed by atoms with Crippen molar-refractivity contribution in [1.29, 1.82) is 0 Å². The third kappa shape index (κ3) is 4.75. The van der Waals surface area contributed by atoms with E-state index >= 15 is 0 Å². The van der Waals surface area contributed by atoms with Gasteiger partial charge in [0.2, 0.25) is 0 Å². The van der Waals surface area contributed by atoms with Crippen molar-refractivity contribution >= 4 is 28.7 Å². The number of halogens is 1. The minimum absolute atomic E-state index is 0.273. The summed E-state index contributed by atoms with van der Waals surface area (Å²) in [4.78, 5) is 0. The first kappa shape index (κ1) is 16.9. The van der Waals surface area contributed by atoms with E-state index < -0.39 is 0 Å². The van der Waals surface area contributed by atoms with Gasteiger partial charge in [0.05, 0.1) is 18.5 Å². The SMILES string of the molecule is CC/C(=N/NC(=S)Nc1ccccc1OC)c1ccc(F)cc1. The fraction of sp³-hybridized carbons (Fsp3) is 0.176. The number of nitrogens with one attached hydrogen (secondary N) is 2. The lowest BCUT2D eigenvalue weighted by atomic mass is 10.1. The predicted molar refractivity (Wildman–Crippen MR) is 95.6 cm³/mol. The third-order valence-corrected chi connectivity index (χ3v) is 3.35. The molecule has 120 valence electrons. The Morgan fingerprint density at radius 3 is 2.52 bits per heavy atom. The highest BCUT2D eigenvalue weighted by Gasteiger charge is 2.05. The first-order valence-electron chi connectivity index (χ1n) is 7.16. The summed E-state index contributed by atoms with van der Waals surface area (Å²) in [6.07, 6.45) is 0.690. The summed E-state index contributed by atoms with van der Waals surface area (Å²) < 4.78 is 18.2. The Morgan fingerprint density at radius 2 is 1.87 bits per heavy atom. The monoisotopic (exact) mass is 331 g/mol. The van der Waals surface area contributed by atoms with Crippen LogP contribution in [0.4, 0.5) is 10.1 Å². The van der Waals surface area contributed by atoms with Crippen molar-refractivity contribution in [2.24, 2.45) is 5.10 Å². The van der Waals surface area contributed by atoms with Gasteiger partial charge in [-0.25, -0.2) is 4.39 Å². The van der Waals surface area contributed by atoms with E-state index in [1.807, 2.05) is 31.2 Å². The summed E-state index contributed by atoms with van der Waals surface area (Å²) in [7, 11) is 1.60. The van der Waals surface area contributed by atoms with E-state index in [0.29, 0.717) is 17.3 Å². The molecule has 2 aromatic rings. The third-order valence-electron chi connectivity index (χ3n) is 3.16. The Hall–Kier alpha value is -2.47. The summed E-state index contributed by atoms with van der Waals surface area (Å²) in [5, 5.41) is 7.67. The van der Waals surface area contributed by atoms with Crippen molar-refractivity contribution in [2.45, 2.75) is 13.3 Å². The van der Waals surface area contributed by atoms with Gasteiger partial charge in [-0.05, 0) is 48.5 Å². The zero-order valence-electron chi connectivity index (χ0n) is 13.0. The molecule has 0 aliphatic rings. The highest BCUT2D eigenvalue weighted by atomic mass is 32.1. The number of para-hydroxylation sites is 2. The second-order valence-electron chi connectivity index (χ2n) is 4.69. The van der Waals surface area contributed by atoms with Gasteiger partial charge >= 0.3 is 0 Å². The van der Waals surface area contributed by atoms with Crippen LogP contribution < -0.4 is 15.5 Å². The number of thiocarbonyl (C=S) groups is 1. The highest BCUT2D eigenvalue weighted by molar-refractivity contribution is 7.80. The highest BCUT2D eigenvalue weighted by Crippen LogP contribution is 2.22. The maximum atomic E-state index is 13.0. The van der Waals surface area contributed by atoms with E-state index in [0.717, 1.165) is 17.0 Å². The van der Waals surface area contributed by atoms with E-state index in [1.54, 1.807) is 19.2 Å². The van der Waals surface area contributed by atoms with Crippen molar-refractivity contribution in [3.63, 3.8) is 0 Å². The smallest absolute Gasteiger partial charge is 0.191 e. The van der Waals surface area contributed by atoms with Crippen molar-refractivity contribution in [1.82, 2.24) is 5.43 Å². The van der Waals surface area contributed by atoms with E-state index in [1.165, 1.54) is 12.1 Å². The van der Waals surface area contributed by atoms with Crippen LogP contribution in [-0.4, -0.2) is 17.9 Å². The van der Waals surface area contributed by atoms with Gasteiger partial charge in [-0.2, -0.15) is 5.10 Å². The molecule has 6 heteroatoms. The van der Waals surface area contributed by atoms with E-state index in [2.05, 4.69) is 15.8 Å². The van der Waals surface area contributed by atoms with E-state index in [4.69, 9.17) is 17.0 Å². The van der Waals surface area contributed by atoms with Crippen molar-refractivity contribution < 1.29 is 9.13 Å². The van der Waals surface area contributed by atoms with Gasteiger partial charge in [-0.1, -0.05) is 31.2 Å². The average molecular weight is 331 g/mol. The molecule has 0 saturated heterocycles. The molecule has 2 N–H and O–H groups in total. The van der Waals surface area contributed by atoms with Gasteiger partial charge in [0.15, 0.2) is 5.11 Å². The molecule has 0 radical (unpaired) electrons. The quantitative estimate of drug-likeness (QED) is 0.495. The Bertz CT molecular complexity index is 701. The van der Waals surface area contributed by atoms with Crippen LogP contribution in [0.25, 0.3) is 0 Å². The largest absolute Gasteiger partial charge is 0.495 e. The molecule has 23 heavy (non-hydrogen) atoms. The Kier molecular flexibility index (Phi) is 6.05. The topological polar surface area (TPSA) is 45.7 Å². The minimum Gasteiger partial charge on any atom is -0.495 e. The van der Waals surface area contributed by atoms with Gasteiger partial charge in [-0.15, -0.1) is 0 Å².